The molecule has 0 fully saturated rings. The average molecular weight is 210 g/mol. The maximum Gasteiger partial charge on any atom is 0.219 e. The predicted molar refractivity (Wildman–Crippen MR) is 56.5 cm³/mol. The molecule has 0 heterocycles. The monoisotopic (exact) mass is 210 g/mol. The summed E-state index contributed by atoms with van der Waals surface area (Å²) in [4.78, 5) is -0.0196. The zero-order valence-electron chi connectivity index (χ0n) is 7.42. The molecule has 0 bridgehead atoms. The summed E-state index contributed by atoms with van der Waals surface area (Å²) in [5, 5.41) is 8.69. The molecule has 0 unspecified atom stereocenters. The first-order chi connectivity index (χ1) is 6.74. The molecule has 0 radical (unpaired) electrons. The van der Waals surface area contributed by atoms with Gasteiger partial charge in [-0.25, -0.2) is 0 Å². The topological polar surface area (TPSA) is 54.4 Å². The molecule has 0 saturated heterocycles. The minimum Gasteiger partial charge on any atom is -0.391 e. The van der Waals surface area contributed by atoms with E-state index in [4.69, 9.17) is 5.11 Å². The number of aliphatic hydroxyl groups excluding tert-OH is 1. The van der Waals surface area contributed by atoms with Crippen LogP contribution >= 0.6 is 0 Å². The third-order valence-corrected chi connectivity index (χ3v) is 2.32. The van der Waals surface area contributed by atoms with E-state index >= 15 is 0 Å². The van der Waals surface area contributed by atoms with E-state index in [0.29, 0.717) is 0 Å². The molecule has 0 spiro atoms. The largest absolute Gasteiger partial charge is 0.391 e. The number of hydrogen-bond acceptors (Lipinski definition) is 3. The Kier molecular flexibility index (Phi) is 4.10. The van der Waals surface area contributed by atoms with Gasteiger partial charge in [0.1, 0.15) is 0 Å². The van der Waals surface area contributed by atoms with Gasteiger partial charge in [0, 0.05) is 0 Å². The van der Waals surface area contributed by atoms with Crippen molar-refractivity contribution >= 4 is 21.2 Å². The minimum atomic E-state index is -2.35. The Hall–Kier alpha value is -1.39. The van der Waals surface area contributed by atoms with Crippen molar-refractivity contribution in [2.45, 2.75) is 0 Å². The van der Waals surface area contributed by atoms with Gasteiger partial charge in [0.15, 0.2) is 0 Å². The maximum atomic E-state index is 10.5. The van der Waals surface area contributed by atoms with Gasteiger partial charge in [-0.2, -0.15) is 8.42 Å². The van der Waals surface area contributed by atoms with Crippen LogP contribution in [0.2, 0.25) is 0 Å². The molecule has 0 aromatic heterocycles. The van der Waals surface area contributed by atoms with Crippen molar-refractivity contribution < 1.29 is 13.5 Å². The predicted octanol–water partition coefficient (Wildman–Crippen LogP) is 0.744. The molecule has 0 atom stereocenters. The molecule has 1 aromatic carbocycles. The second kappa shape index (κ2) is 5.36. The third kappa shape index (κ3) is 3.16. The van der Waals surface area contributed by atoms with Gasteiger partial charge in [-0.3, -0.25) is 0 Å². The molecule has 0 aliphatic carbocycles. The van der Waals surface area contributed by atoms with Gasteiger partial charge in [0.2, 0.25) is 10.3 Å². The van der Waals surface area contributed by atoms with Crippen LogP contribution in [0.25, 0.3) is 6.08 Å². The summed E-state index contributed by atoms with van der Waals surface area (Å²) >= 11 is 0. The van der Waals surface area contributed by atoms with Crippen molar-refractivity contribution in [2.24, 2.45) is 0 Å². The Labute approximate surface area is 83.9 Å². The van der Waals surface area contributed by atoms with Crippen LogP contribution in [0.1, 0.15) is 5.56 Å². The molecule has 0 saturated carbocycles. The molecule has 3 nitrogen and oxygen atoms in total. The lowest BCUT2D eigenvalue weighted by Gasteiger charge is -1.91. The molecule has 0 amide bonds. The molecular formula is C10H10O3S. The summed E-state index contributed by atoms with van der Waals surface area (Å²) in [5.74, 6) is 0. The van der Waals surface area contributed by atoms with Gasteiger partial charge in [-0.05, 0) is 11.6 Å². The molecule has 0 aliphatic rings. The second-order valence-corrected chi connectivity index (χ2v) is 3.60. The zero-order valence-corrected chi connectivity index (χ0v) is 8.24. The summed E-state index contributed by atoms with van der Waals surface area (Å²) in [6, 6.07) is 9.27. The van der Waals surface area contributed by atoms with Gasteiger partial charge in [-0.1, -0.05) is 36.4 Å². The average Bonchev–Trinajstić information content (AvgIpc) is 2.20. The lowest BCUT2D eigenvalue weighted by molar-refractivity contribution is 0.360. The quantitative estimate of drug-likeness (QED) is 0.591. The van der Waals surface area contributed by atoms with Crippen molar-refractivity contribution in [1.82, 2.24) is 0 Å². The van der Waals surface area contributed by atoms with Crippen LogP contribution in [0.5, 0.6) is 0 Å². The van der Waals surface area contributed by atoms with Crippen LogP contribution in [0.15, 0.2) is 36.4 Å². The molecule has 4 heteroatoms. The van der Waals surface area contributed by atoms with E-state index in [-0.39, 0.29) is 4.86 Å². The summed E-state index contributed by atoms with van der Waals surface area (Å²) in [6.07, 6.45) is 3.03. The van der Waals surface area contributed by atoms with E-state index in [1.165, 1.54) is 6.08 Å². The van der Waals surface area contributed by atoms with E-state index in [2.05, 4.69) is 0 Å². The van der Waals surface area contributed by atoms with Crippen molar-refractivity contribution in [3.63, 3.8) is 0 Å². The first-order valence-electron chi connectivity index (χ1n) is 4.03. The second-order valence-electron chi connectivity index (χ2n) is 2.60. The van der Waals surface area contributed by atoms with Crippen molar-refractivity contribution in [2.75, 3.05) is 6.61 Å². The first kappa shape index (κ1) is 10.7. The Bertz CT molecular complexity index is 436. The molecule has 1 N–H and O–H groups in total. The number of aliphatic hydroxyl groups is 1. The Balaban J connectivity index is 2.90. The fourth-order valence-corrected chi connectivity index (χ4v) is 1.20. The van der Waals surface area contributed by atoms with Crippen LogP contribution in [0, 0.1) is 0 Å². The van der Waals surface area contributed by atoms with Gasteiger partial charge in [0.25, 0.3) is 0 Å². The van der Waals surface area contributed by atoms with Crippen molar-refractivity contribution in [1.29, 1.82) is 0 Å². The molecule has 14 heavy (non-hydrogen) atoms. The van der Waals surface area contributed by atoms with Gasteiger partial charge < -0.3 is 5.11 Å². The SMILES string of the molecule is O=S(=O)=C(C=Cc1ccccc1)CO. The molecule has 74 valence electrons. The van der Waals surface area contributed by atoms with E-state index in [0.717, 1.165) is 5.56 Å². The molecule has 1 aromatic rings. The van der Waals surface area contributed by atoms with E-state index in [9.17, 15) is 8.42 Å². The highest BCUT2D eigenvalue weighted by Gasteiger charge is 1.92. The smallest absolute Gasteiger partial charge is 0.219 e. The highest BCUT2D eigenvalue weighted by atomic mass is 32.2. The standard InChI is InChI=1S/C10H10O3S/c11-8-10(14(12)13)7-6-9-4-2-1-3-5-9/h1-7,11H,8H2. The van der Waals surface area contributed by atoms with Crippen LogP contribution in [-0.4, -0.2) is 25.0 Å². The van der Waals surface area contributed by atoms with Crippen LogP contribution < -0.4 is 0 Å². The molecule has 0 aliphatic heterocycles. The lowest BCUT2D eigenvalue weighted by atomic mass is 10.2. The van der Waals surface area contributed by atoms with E-state index in [1.54, 1.807) is 6.08 Å². The Morgan fingerprint density at radius 1 is 1.29 bits per heavy atom. The van der Waals surface area contributed by atoms with Gasteiger partial charge in [-0.15, -0.1) is 0 Å². The van der Waals surface area contributed by atoms with Crippen molar-refractivity contribution in [3.8, 4) is 0 Å². The number of hydrogen-bond donors (Lipinski definition) is 1. The normalized spacial score (nSPS) is 10.4. The van der Waals surface area contributed by atoms with Crippen LogP contribution in [0.3, 0.4) is 0 Å². The van der Waals surface area contributed by atoms with Gasteiger partial charge in [0.05, 0.1) is 11.5 Å². The highest BCUT2D eigenvalue weighted by molar-refractivity contribution is 7.73. The zero-order chi connectivity index (χ0) is 10.4. The third-order valence-electron chi connectivity index (χ3n) is 1.63. The fourth-order valence-electron chi connectivity index (χ4n) is 0.914. The Morgan fingerprint density at radius 2 is 1.93 bits per heavy atom. The fraction of sp³-hybridized carbons (Fsp3) is 0.100. The Morgan fingerprint density at radius 3 is 2.43 bits per heavy atom. The number of benzene rings is 1. The van der Waals surface area contributed by atoms with Crippen LogP contribution in [-0.2, 0) is 10.3 Å². The minimum absolute atomic E-state index is 0.0196. The van der Waals surface area contributed by atoms with Crippen molar-refractivity contribution in [3.05, 3.63) is 42.0 Å². The van der Waals surface area contributed by atoms with E-state index in [1.807, 2.05) is 30.3 Å². The lowest BCUT2D eigenvalue weighted by Crippen LogP contribution is -2.00. The molecule has 1 rings (SSSR count). The first-order valence-corrected chi connectivity index (χ1v) is 5.10. The summed E-state index contributed by atoms with van der Waals surface area (Å²) < 4.78 is 21.0. The highest BCUT2D eigenvalue weighted by Crippen LogP contribution is 2.00. The van der Waals surface area contributed by atoms with Gasteiger partial charge >= 0.3 is 0 Å². The van der Waals surface area contributed by atoms with Crippen LogP contribution in [0.4, 0.5) is 0 Å². The number of rotatable bonds is 3. The summed E-state index contributed by atoms with van der Waals surface area (Å²) in [5.41, 5.74) is 0.893. The van der Waals surface area contributed by atoms with E-state index < -0.39 is 16.9 Å². The maximum absolute atomic E-state index is 10.5. The summed E-state index contributed by atoms with van der Waals surface area (Å²) in [6.45, 7) is -0.473. The summed E-state index contributed by atoms with van der Waals surface area (Å²) in [7, 11) is -2.35. The molecular weight excluding hydrogens is 200 g/mol.